The minimum absolute atomic E-state index is 0.141. The smallest absolute Gasteiger partial charge is 0.325 e. The van der Waals surface area contributed by atoms with E-state index in [0.717, 1.165) is 17.7 Å². The highest BCUT2D eigenvalue weighted by Gasteiger charge is 2.14. The zero-order chi connectivity index (χ0) is 17.7. The molecule has 23 heavy (non-hydrogen) atoms. The molecule has 0 rings (SSSR count). The van der Waals surface area contributed by atoms with Crippen LogP contribution in [0.4, 0.5) is 0 Å². The fourth-order valence-corrected chi connectivity index (χ4v) is 1.56. The van der Waals surface area contributed by atoms with Crippen LogP contribution in [0.3, 0.4) is 0 Å². The summed E-state index contributed by atoms with van der Waals surface area (Å²) >= 11 is 0. The third-order valence-electron chi connectivity index (χ3n) is 2.76. The molecule has 0 saturated carbocycles. The molecule has 0 atom stereocenters. The van der Waals surface area contributed by atoms with E-state index in [2.05, 4.69) is 18.5 Å². The summed E-state index contributed by atoms with van der Waals surface area (Å²) in [7, 11) is 0. The maximum Gasteiger partial charge on any atom is 0.325 e. The quantitative estimate of drug-likeness (QED) is 0.375. The molecule has 0 aromatic rings. The molecule has 0 aliphatic rings. The predicted molar refractivity (Wildman–Crippen MR) is 89.5 cm³/mol. The van der Waals surface area contributed by atoms with Crippen molar-refractivity contribution < 1.29 is 19.1 Å². The summed E-state index contributed by atoms with van der Waals surface area (Å²) in [5.41, 5.74) is 0.797. The molecule has 0 bridgehead atoms. The van der Waals surface area contributed by atoms with Gasteiger partial charge in [-0.15, -0.1) is 0 Å². The van der Waals surface area contributed by atoms with Crippen LogP contribution >= 0.6 is 0 Å². The maximum absolute atomic E-state index is 11.9. The molecule has 6 heteroatoms. The van der Waals surface area contributed by atoms with Gasteiger partial charge in [0.2, 0.25) is 11.8 Å². The van der Waals surface area contributed by atoms with E-state index in [-0.39, 0.29) is 19.7 Å². The number of carbonyl (C=O) groups excluding carboxylic acids is 3. The van der Waals surface area contributed by atoms with Gasteiger partial charge in [0, 0.05) is 25.2 Å². The van der Waals surface area contributed by atoms with Crippen molar-refractivity contribution in [2.75, 3.05) is 26.2 Å². The average Bonchev–Trinajstić information content (AvgIpc) is 2.54. The van der Waals surface area contributed by atoms with E-state index in [1.54, 1.807) is 32.1 Å². The van der Waals surface area contributed by atoms with Crippen molar-refractivity contribution in [3.05, 3.63) is 49.1 Å². The van der Waals surface area contributed by atoms with Crippen molar-refractivity contribution in [3.8, 4) is 0 Å². The maximum atomic E-state index is 11.9. The lowest BCUT2D eigenvalue weighted by Crippen LogP contribution is -2.35. The van der Waals surface area contributed by atoms with Gasteiger partial charge in [-0.1, -0.05) is 31.4 Å². The van der Waals surface area contributed by atoms with Crippen LogP contribution in [0.2, 0.25) is 0 Å². The van der Waals surface area contributed by atoms with E-state index < -0.39 is 17.8 Å². The number of carbonyl (C=O) groups is 3. The molecular weight excluding hydrogens is 296 g/mol. The van der Waals surface area contributed by atoms with E-state index in [4.69, 9.17) is 4.74 Å². The molecular formula is C17H24N2O4. The fraction of sp³-hybridized carbons (Fsp3) is 0.353. The van der Waals surface area contributed by atoms with Gasteiger partial charge in [-0.05, 0) is 19.4 Å². The van der Waals surface area contributed by atoms with Gasteiger partial charge in [-0.25, -0.2) is 0 Å². The summed E-state index contributed by atoms with van der Waals surface area (Å²) in [5.74, 6) is -1.32. The Hall–Kier alpha value is -2.63. The first-order valence-corrected chi connectivity index (χ1v) is 7.32. The van der Waals surface area contributed by atoms with Crippen LogP contribution in [0.5, 0.6) is 0 Å². The number of esters is 1. The number of hydrogen-bond donors (Lipinski definition) is 1. The van der Waals surface area contributed by atoms with Crippen LogP contribution < -0.4 is 5.32 Å². The Morgan fingerprint density at radius 1 is 1.17 bits per heavy atom. The van der Waals surface area contributed by atoms with Crippen LogP contribution in [0.15, 0.2) is 49.1 Å². The Morgan fingerprint density at radius 3 is 2.39 bits per heavy atom. The van der Waals surface area contributed by atoms with Crippen molar-refractivity contribution in [2.45, 2.75) is 13.8 Å². The van der Waals surface area contributed by atoms with Crippen molar-refractivity contribution in [2.24, 2.45) is 0 Å². The number of rotatable bonds is 10. The summed E-state index contributed by atoms with van der Waals surface area (Å²) in [4.78, 5) is 36.3. The Kier molecular flexibility index (Phi) is 10.6. The first-order chi connectivity index (χ1) is 11.0. The second-order valence-corrected chi connectivity index (χ2v) is 4.39. The minimum Gasteiger partial charge on any atom is -0.465 e. The molecule has 0 heterocycles. The van der Waals surface area contributed by atoms with E-state index in [0.29, 0.717) is 6.54 Å². The summed E-state index contributed by atoms with van der Waals surface area (Å²) in [6, 6.07) is 0. The molecule has 0 aliphatic carbocycles. The molecule has 2 amide bonds. The highest BCUT2D eigenvalue weighted by Crippen LogP contribution is 1.95. The first-order valence-electron chi connectivity index (χ1n) is 7.32. The molecule has 6 nitrogen and oxygen atoms in total. The molecule has 0 fully saturated rings. The van der Waals surface area contributed by atoms with Gasteiger partial charge < -0.3 is 15.0 Å². The number of hydrogen-bond acceptors (Lipinski definition) is 4. The van der Waals surface area contributed by atoms with Crippen LogP contribution in [0, 0.1) is 0 Å². The average molecular weight is 320 g/mol. The van der Waals surface area contributed by atoms with Crippen LogP contribution in [0.25, 0.3) is 0 Å². The minimum atomic E-state index is -0.481. The second kappa shape index (κ2) is 12.0. The van der Waals surface area contributed by atoms with Gasteiger partial charge in [-0.2, -0.15) is 0 Å². The normalized spacial score (nSPS) is 11.0. The third kappa shape index (κ3) is 9.08. The lowest BCUT2D eigenvalue weighted by molar-refractivity contribution is -0.147. The van der Waals surface area contributed by atoms with E-state index >= 15 is 0 Å². The molecule has 1 N–H and O–H groups in total. The monoisotopic (exact) mass is 320 g/mol. The number of allylic oxidation sites excluding steroid dienone is 2. The van der Waals surface area contributed by atoms with Gasteiger partial charge in [0.1, 0.15) is 6.54 Å². The van der Waals surface area contributed by atoms with E-state index in [9.17, 15) is 14.4 Å². The van der Waals surface area contributed by atoms with Gasteiger partial charge >= 0.3 is 5.97 Å². The molecule has 0 unspecified atom stereocenters. The molecule has 0 aromatic heterocycles. The van der Waals surface area contributed by atoms with Gasteiger partial charge in [0.15, 0.2) is 0 Å². The number of amides is 2. The number of likely N-dealkylation sites (N-methyl/N-ethyl adjacent to an activating group) is 1. The Labute approximate surface area is 137 Å². The molecule has 0 radical (unpaired) electrons. The lowest BCUT2D eigenvalue weighted by atomic mass is 10.2. The van der Waals surface area contributed by atoms with Crippen LogP contribution in [-0.4, -0.2) is 48.9 Å². The summed E-state index contributed by atoms with van der Waals surface area (Å²) in [5, 5.41) is 2.62. The van der Waals surface area contributed by atoms with Crippen molar-refractivity contribution in [3.63, 3.8) is 0 Å². The van der Waals surface area contributed by atoms with E-state index in [1.165, 1.54) is 4.90 Å². The summed E-state index contributed by atoms with van der Waals surface area (Å²) < 4.78 is 4.79. The molecule has 0 aliphatic heterocycles. The first kappa shape index (κ1) is 20.4. The van der Waals surface area contributed by atoms with Crippen molar-refractivity contribution in [1.82, 2.24) is 10.2 Å². The van der Waals surface area contributed by atoms with Gasteiger partial charge in [0.25, 0.3) is 0 Å². The third-order valence-corrected chi connectivity index (χ3v) is 2.76. The highest BCUT2D eigenvalue weighted by molar-refractivity contribution is 5.97. The SMILES string of the molecule is C=C/C=C(\C=C)CNC(=O)/C=C/C(=O)N(CC)CC(=O)OCC. The van der Waals surface area contributed by atoms with Crippen LogP contribution in [-0.2, 0) is 19.1 Å². The molecule has 0 spiro atoms. The molecule has 0 aromatic carbocycles. The Morgan fingerprint density at radius 2 is 1.87 bits per heavy atom. The molecule has 126 valence electrons. The fourth-order valence-electron chi connectivity index (χ4n) is 1.56. The number of ether oxygens (including phenoxy) is 1. The van der Waals surface area contributed by atoms with Crippen molar-refractivity contribution in [1.29, 1.82) is 0 Å². The molecule has 0 saturated heterocycles. The zero-order valence-corrected chi connectivity index (χ0v) is 13.7. The summed E-state index contributed by atoms with van der Waals surface area (Å²) in [6.45, 7) is 11.4. The second-order valence-electron chi connectivity index (χ2n) is 4.39. The lowest BCUT2D eigenvalue weighted by Gasteiger charge is -2.17. The van der Waals surface area contributed by atoms with E-state index in [1.807, 2.05) is 0 Å². The van der Waals surface area contributed by atoms with Crippen LogP contribution in [0.1, 0.15) is 13.8 Å². The van der Waals surface area contributed by atoms with Crippen molar-refractivity contribution >= 4 is 17.8 Å². The predicted octanol–water partition coefficient (Wildman–Crippen LogP) is 1.37. The standard InChI is InChI=1S/C17H24N2O4/c1-5-9-14(6-2)12-18-15(20)10-11-16(21)19(7-3)13-17(22)23-8-4/h5-6,9-11H,1-2,7-8,12-13H2,3-4H3,(H,18,20)/b11-10+,14-9+. The van der Waals surface area contributed by atoms with Gasteiger partial charge in [-0.3, -0.25) is 14.4 Å². The Bertz CT molecular complexity index is 507. The largest absolute Gasteiger partial charge is 0.465 e. The highest BCUT2D eigenvalue weighted by atomic mass is 16.5. The Balaban J connectivity index is 4.50. The topological polar surface area (TPSA) is 75.7 Å². The number of nitrogens with one attached hydrogen (secondary N) is 1. The summed E-state index contributed by atoms with van der Waals surface area (Å²) in [6.07, 6.45) is 7.18. The van der Waals surface area contributed by atoms with Gasteiger partial charge in [0.05, 0.1) is 6.61 Å². The zero-order valence-electron chi connectivity index (χ0n) is 13.7. The number of nitrogens with zero attached hydrogens (tertiary/aromatic N) is 1.